The van der Waals surface area contributed by atoms with Gasteiger partial charge < -0.3 is 30.6 Å². The predicted molar refractivity (Wildman–Crippen MR) is 143 cm³/mol. The summed E-state index contributed by atoms with van der Waals surface area (Å²) >= 11 is 17.3. The van der Waals surface area contributed by atoms with Crippen LogP contribution in [-0.4, -0.2) is 11.1 Å². The number of hydrazine groups is 1. The molecule has 0 saturated carbocycles. The summed E-state index contributed by atoms with van der Waals surface area (Å²) in [6, 6.07) is 9.50. The average Bonchev–Trinajstić information content (AvgIpc) is 2.81. The van der Waals surface area contributed by atoms with Crippen molar-refractivity contribution in [3.63, 3.8) is 0 Å². The Morgan fingerprint density at radius 1 is 1.00 bits per heavy atom. The molecule has 0 saturated heterocycles. The number of carboxylic acids is 1. The van der Waals surface area contributed by atoms with Gasteiger partial charge in [-0.1, -0.05) is 45.9 Å². The molecule has 176 valence electrons. The van der Waals surface area contributed by atoms with Gasteiger partial charge in [-0.15, -0.1) is 0 Å². The van der Waals surface area contributed by atoms with Crippen molar-refractivity contribution in [1.82, 2.24) is 5.43 Å². The van der Waals surface area contributed by atoms with Crippen LogP contribution in [0.25, 0.3) is 33.4 Å². The van der Waals surface area contributed by atoms with Crippen LogP contribution in [0.4, 0.5) is 0 Å². The number of hydrogen-bond donors (Lipinski definition) is 3. The third kappa shape index (κ3) is 6.93. The molecule has 0 radical (unpaired) electrons. The second kappa shape index (κ2) is 14.4. The first-order valence-electron chi connectivity index (χ1n) is 8.99. The zero-order valence-corrected chi connectivity index (χ0v) is 29.7. The minimum atomic E-state index is -1.35. The number of halogens is 4. The number of carbonyl (C=O) groups excluding carboxylic acids is 1. The topological polar surface area (TPSA) is 157 Å². The van der Waals surface area contributed by atoms with Gasteiger partial charge in [0.25, 0.3) is 0 Å². The number of benzene rings is 3. The quantitative estimate of drug-likeness (QED) is 0.0673. The van der Waals surface area contributed by atoms with Crippen molar-refractivity contribution in [2.24, 2.45) is 11.6 Å². The van der Waals surface area contributed by atoms with Crippen LogP contribution in [-0.2, 0) is 0 Å². The van der Waals surface area contributed by atoms with Crippen LogP contribution in [0.15, 0.2) is 63.5 Å². The Bertz CT molecular complexity index is 1500. The van der Waals surface area contributed by atoms with E-state index in [0.717, 1.165) is 0 Å². The third-order valence-electron chi connectivity index (χ3n) is 4.56. The Kier molecular flexibility index (Phi) is 13.6. The van der Waals surface area contributed by atoms with E-state index in [1.54, 1.807) is 30.3 Å². The molecule has 1 aliphatic heterocycles. The molecular formula is C21H11Br4N3Na2O5S. The van der Waals surface area contributed by atoms with Crippen LogP contribution in [0, 0.1) is 0 Å². The van der Waals surface area contributed by atoms with E-state index in [4.69, 9.17) is 10.2 Å². The molecule has 15 heteroatoms. The minimum Gasteiger partial charge on any atom is -0.871 e. The van der Waals surface area contributed by atoms with Crippen LogP contribution in [0.3, 0.4) is 0 Å². The molecule has 1 heterocycles. The number of carboxylic acid groups (broad SMARTS) is 1. The van der Waals surface area contributed by atoms with Crippen molar-refractivity contribution >= 4 is 98.0 Å². The fourth-order valence-corrected chi connectivity index (χ4v) is 5.56. The van der Waals surface area contributed by atoms with E-state index < -0.39 is 5.97 Å². The van der Waals surface area contributed by atoms with Crippen LogP contribution in [0.5, 0.6) is 5.75 Å². The maximum atomic E-state index is 12.4. The van der Waals surface area contributed by atoms with Crippen molar-refractivity contribution in [3.05, 3.63) is 70.1 Å². The summed E-state index contributed by atoms with van der Waals surface area (Å²) in [4.78, 5) is 24.2. The van der Waals surface area contributed by atoms with E-state index in [0.29, 0.717) is 22.1 Å². The zero-order valence-electron chi connectivity index (χ0n) is 18.6. The second-order valence-electron chi connectivity index (χ2n) is 6.58. The van der Waals surface area contributed by atoms with Gasteiger partial charge in [-0.05, 0) is 77.7 Å². The molecular weight excluding hydrogens is 772 g/mol. The van der Waals surface area contributed by atoms with Gasteiger partial charge in [0.1, 0.15) is 10.1 Å². The number of thiocarbonyl (C=S) groups is 1. The van der Waals surface area contributed by atoms with E-state index in [9.17, 15) is 19.8 Å². The number of aromatic carboxylic acids is 1. The van der Waals surface area contributed by atoms with Gasteiger partial charge in [-0.2, -0.15) is 0 Å². The van der Waals surface area contributed by atoms with Crippen LogP contribution in [0.1, 0.15) is 10.4 Å². The number of carbonyl (C=O) groups is 1. The summed E-state index contributed by atoms with van der Waals surface area (Å²) in [6.07, 6.45) is 0. The monoisotopic (exact) mass is 779 g/mol. The van der Waals surface area contributed by atoms with E-state index in [1.807, 2.05) is 5.43 Å². The van der Waals surface area contributed by atoms with Gasteiger partial charge in [-0.3, -0.25) is 4.79 Å². The fraction of sp³-hybridized carbons (Fsp3) is 0. The normalized spacial score (nSPS) is 10.0. The molecule has 36 heavy (non-hydrogen) atoms. The van der Waals surface area contributed by atoms with E-state index in [2.05, 4.69) is 81.8 Å². The van der Waals surface area contributed by atoms with Crippen molar-refractivity contribution in [2.45, 2.75) is 0 Å². The second-order valence-corrected chi connectivity index (χ2v) is 10.3. The van der Waals surface area contributed by atoms with Gasteiger partial charge >= 0.3 is 59.1 Å². The standard InChI is InChI=1S/C20H8Br4O5.CH5N3S.2Na/c21-11-5-9-13(7-3-1-2-4-8(7)20(27)28)10-6-12(22)17(26)15(24)19(10)29-18(9)14(23)16(11)25;2-1(5)4-3;;/h1-6,25H,(H,27,28);3H2,(H3,2,4,5);;/q;;2*+1/p-2. The Balaban J connectivity index is 0.000000846. The molecule has 0 fully saturated rings. The van der Waals surface area contributed by atoms with E-state index in [-0.39, 0.29) is 110 Å². The molecule has 0 amide bonds. The summed E-state index contributed by atoms with van der Waals surface area (Å²) in [5, 5.41) is 24.8. The minimum absolute atomic E-state index is 0. The van der Waals surface area contributed by atoms with Gasteiger partial charge in [0.15, 0.2) is 10.9 Å². The van der Waals surface area contributed by atoms with Crippen molar-refractivity contribution < 1.29 is 78.5 Å². The maximum absolute atomic E-state index is 12.4. The predicted octanol–water partition coefficient (Wildman–Crippen LogP) is -2.25. The van der Waals surface area contributed by atoms with Crippen LogP contribution >= 0.6 is 75.9 Å². The molecule has 2 aliphatic rings. The SMILES string of the molecule is NNC(N)=S.O=C([O-])c1ccccc1-c1c2cc(Br)c(=O)c(Br)c-2oc2c(Br)c([O-])c(Br)cc12.[Na+].[Na+]. The molecule has 0 bridgehead atoms. The van der Waals surface area contributed by atoms with Gasteiger partial charge in [-0.25, -0.2) is 5.84 Å². The molecule has 0 aromatic heterocycles. The summed E-state index contributed by atoms with van der Waals surface area (Å²) < 4.78 is 6.80. The summed E-state index contributed by atoms with van der Waals surface area (Å²) in [5.41, 5.74) is 7.99. The van der Waals surface area contributed by atoms with Gasteiger partial charge in [0, 0.05) is 26.5 Å². The molecule has 0 unspecified atom stereocenters. The largest absolute Gasteiger partial charge is 1.00 e. The van der Waals surface area contributed by atoms with Gasteiger partial charge in [0.2, 0.25) is 5.43 Å². The number of nitrogens with two attached hydrogens (primary N) is 2. The first-order chi connectivity index (χ1) is 16.0. The number of fused-ring (bicyclic) bond motifs is 2. The Labute approximate surface area is 288 Å². The van der Waals surface area contributed by atoms with E-state index >= 15 is 0 Å². The molecule has 2 aromatic rings. The number of hydrogen-bond acceptors (Lipinski definition) is 7. The average molecular weight is 783 g/mol. The van der Waals surface area contributed by atoms with Crippen molar-refractivity contribution in [3.8, 4) is 28.2 Å². The molecule has 4 rings (SSSR count). The zero-order chi connectivity index (χ0) is 25.3. The molecule has 8 nitrogen and oxygen atoms in total. The van der Waals surface area contributed by atoms with Crippen LogP contribution < -0.4 is 91.8 Å². The summed E-state index contributed by atoms with van der Waals surface area (Å²) in [6.45, 7) is 0. The molecule has 0 atom stereocenters. The summed E-state index contributed by atoms with van der Waals surface area (Å²) in [5.74, 6) is 3.16. The van der Waals surface area contributed by atoms with Crippen molar-refractivity contribution in [2.75, 3.05) is 0 Å². The molecule has 0 spiro atoms. The summed E-state index contributed by atoms with van der Waals surface area (Å²) in [7, 11) is 0. The first-order valence-corrected chi connectivity index (χ1v) is 12.6. The third-order valence-corrected chi connectivity index (χ3v) is 7.30. The Hall–Kier alpha value is -0.0300. The number of nitrogens with one attached hydrogen (secondary N) is 1. The molecule has 1 aliphatic carbocycles. The first kappa shape index (κ1) is 34.0. The van der Waals surface area contributed by atoms with Crippen LogP contribution in [0.2, 0.25) is 0 Å². The molecule has 2 aromatic carbocycles. The Morgan fingerprint density at radius 3 is 2.14 bits per heavy atom. The maximum Gasteiger partial charge on any atom is 1.00 e. The van der Waals surface area contributed by atoms with Gasteiger partial charge in [0.05, 0.1) is 14.9 Å². The Morgan fingerprint density at radius 2 is 1.58 bits per heavy atom. The molecule has 5 N–H and O–H groups in total. The van der Waals surface area contributed by atoms with E-state index in [1.165, 1.54) is 6.07 Å². The van der Waals surface area contributed by atoms with Crippen molar-refractivity contribution in [1.29, 1.82) is 0 Å². The smallest absolute Gasteiger partial charge is 0.871 e. The fourth-order valence-electron chi connectivity index (χ4n) is 3.16. The number of rotatable bonds is 2.